The summed E-state index contributed by atoms with van der Waals surface area (Å²) in [6.07, 6.45) is 0. The molecule has 0 fully saturated rings. The molecule has 0 amide bonds. The maximum absolute atomic E-state index is 8.34. The monoisotopic (exact) mass is 521 g/mol. The van der Waals surface area contributed by atoms with Gasteiger partial charge < -0.3 is 0 Å². The van der Waals surface area contributed by atoms with Gasteiger partial charge in [0.15, 0.2) is 0 Å². The smallest absolute Gasteiger partial charge is 0 e. The van der Waals surface area contributed by atoms with Crippen LogP contribution in [0.4, 0.5) is 0 Å². The van der Waals surface area contributed by atoms with Crippen LogP contribution >= 0.6 is 0 Å². The molecule has 0 aromatic heterocycles. The van der Waals surface area contributed by atoms with Crippen LogP contribution in [0, 0.1) is 0 Å². The van der Waals surface area contributed by atoms with Gasteiger partial charge in [-0.15, -0.1) is 0 Å². The molecular weight excluding hydrogens is 521 g/mol. The van der Waals surface area contributed by atoms with Crippen LogP contribution in [0.1, 0.15) is 0 Å². The first kappa shape index (κ1) is 33.3. The fourth-order valence-corrected chi connectivity index (χ4v) is 0. The molecule has 0 spiro atoms. The molecule has 0 unspecified atom stereocenters. The standard InChI is InChI=1S/Nb.O.Pb.Ti.Zn.Zr.2H. The summed E-state index contributed by atoms with van der Waals surface area (Å²) < 4.78 is 8.34. The maximum Gasteiger partial charge on any atom is 0 e. The van der Waals surface area contributed by atoms with Crippen molar-refractivity contribution >= 4 is 27.3 Å². The van der Waals surface area contributed by atoms with Crippen molar-refractivity contribution in [2.75, 3.05) is 0 Å². The summed E-state index contributed by atoms with van der Waals surface area (Å²) in [5.74, 6) is 0. The third-order valence-corrected chi connectivity index (χ3v) is 0. The fourth-order valence-electron chi connectivity index (χ4n) is 0. The predicted octanol–water partition coefficient (Wildman–Crippen LogP) is -1.04. The molecule has 0 aromatic carbocycles. The van der Waals surface area contributed by atoms with Gasteiger partial charge in [-0.25, -0.2) is 0 Å². The Labute approximate surface area is 116 Å². The Balaban J connectivity index is -0.000000000833. The molecule has 0 saturated heterocycles. The molecule has 3 radical (unpaired) electrons. The Kier molecular flexibility index (Phi) is 210. The zero-order valence-electron chi connectivity index (χ0n) is 3.27. The minimum atomic E-state index is 0. The second-order valence-corrected chi connectivity index (χ2v) is 0. The molecule has 0 rings (SSSR count). The van der Waals surface area contributed by atoms with E-state index in [1.165, 1.54) is 0 Å². The SMILES string of the molecule is [Nb].[O]=[Zr].[PbH2].[Ti].[Zn]. The molecule has 1 nitrogen and oxygen atoms in total. The average Bonchev–Trinajstić information content (AvgIpc) is 1.00. The van der Waals surface area contributed by atoms with E-state index in [1.54, 1.807) is 0 Å². The van der Waals surface area contributed by atoms with Crippen LogP contribution in [0.3, 0.4) is 0 Å². The van der Waals surface area contributed by atoms with Gasteiger partial charge in [-0.2, -0.15) is 0 Å². The van der Waals surface area contributed by atoms with Gasteiger partial charge in [-0.3, -0.25) is 0 Å². The van der Waals surface area contributed by atoms with E-state index < -0.39 is 0 Å². The van der Waals surface area contributed by atoms with Crippen molar-refractivity contribution in [2.45, 2.75) is 0 Å². The number of hydrogen-bond donors (Lipinski definition) is 0. The van der Waals surface area contributed by atoms with Crippen LogP contribution in [-0.4, -0.2) is 27.3 Å². The van der Waals surface area contributed by atoms with Crippen molar-refractivity contribution in [3.63, 3.8) is 0 Å². The minimum Gasteiger partial charge on any atom is 0 e. The van der Waals surface area contributed by atoms with E-state index >= 15 is 0 Å². The van der Waals surface area contributed by atoms with Crippen molar-refractivity contribution in [3.05, 3.63) is 0 Å². The second-order valence-electron chi connectivity index (χ2n) is 0. The molecular formula is H2NbOPbTiZnZr. The topological polar surface area (TPSA) is 17.1 Å². The van der Waals surface area contributed by atoms with Gasteiger partial charge in [0, 0.05) is 63.6 Å². The summed E-state index contributed by atoms with van der Waals surface area (Å²) in [5.41, 5.74) is 0. The van der Waals surface area contributed by atoms with Gasteiger partial charge >= 0.3 is 54.8 Å². The van der Waals surface area contributed by atoms with Crippen LogP contribution in [0.5, 0.6) is 0 Å². The summed E-state index contributed by atoms with van der Waals surface area (Å²) in [6, 6.07) is 0. The van der Waals surface area contributed by atoms with Crippen molar-refractivity contribution < 1.29 is 91.1 Å². The Morgan fingerprint density at radius 3 is 1.17 bits per heavy atom. The molecule has 0 aromatic rings. The third kappa shape index (κ3) is 25.3. The Morgan fingerprint density at radius 2 is 1.17 bits per heavy atom. The molecule has 0 aliphatic carbocycles. The van der Waals surface area contributed by atoms with Gasteiger partial charge in [0.05, 0.1) is 0 Å². The summed E-state index contributed by atoms with van der Waals surface area (Å²) in [5, 5.41) is 0. The quantitative estimate of drug-likeness (QED) is 0.372. The molecule has 0 aliphatic heterocycles. The molecule has 0 bridgehead atoms. The first-order valence-electron chi connectivity index (χ1n) is 0.204. The Bertz CT molecular complexity index is 15.5. The van der Waals surface area contributed by atoms with Crippen LogP contribution in [-0.2, 0) is 91.1 Å². The first-order chi connectivity index (χ1) is 1.00. The molecule has 27 valence electrons. The molecule has 0 aliphatic rings. The van der Waals surface area contributed by atoms with Gasteiger partial charge in [0.25, 0.3) is 0 Å². The molecule has 0 atom stereocenters. The first-order valence-corrected chi connectivity index (χ1v) is 1.21. The van der Waals surface area contributed by atoms with Crippen LogP contribution in [0.15, 0.2) is 0 Å². The van der Waals surface area contributed by atoms with E-state index in [0.29, 0.717) is 24.7 Å². The molecule has 0 saturated carbocycles. The van der Waals surface area contributed by atoms with Crippen molar-refractivity contribution in [1.82, 2.24) is 0 Å². The molecule has 0 N–H and O–H groups in total. The summed E-state index contributed by atoms with van der Waals surface area (Å²) in [6.45, 7) is 0. The van der Waals surface area contributed by atoms with Crippen LogP contribution < -0.4 is 0 Å². The molecule has 6 heavy (non-hydrogen) atoms. The van der Waals surface area contributed by atoms with E-state index in [9.17, 15) is 0 Å². The normalized spacial score (nSPS) is 0.500. The Hall–Kier alpha value is 3.68. The van der Waals surface area contributed by atoms with E-state index in [1.807, 2.05) is 0 Å². The largest absolute Gasteiger partial charge is 0 e. The Morgan fingerprint density at radius 1 is 1.17 bits per heavy atom. The van der Waals surface area contributed by atoms with Gasteiger partial charge in [0.1, 0.15) is 0 Å². The fraction of sp³-hybridized carbons (Fsp3) is 0. The van der Waals surface area contributed by atoms with E-state index in [0.717, 1.165) is 0 Å². The van der Waals surface area contributed by atoms with Gasteiger partial charge in [-0.05, 0) is 0 Å². The van der Waals surface area contributed by atoms with Gasteiger partial charge in [-0.1, -0.05) is 0 Å². The zero-order valence-corrected chi connectivity index (χ0v) is 18.0. The van der Waals surface area contributed by atoms with E-state index in [-0.39, 0.29) is 90.9 Å². The summed E-state index contributed by atoms with van der Waals surface area (Å²) in [4.78, 5) is 0. The van der Waals surface area contributed by atoms with Crippen molar-refractivity contribution in [2.24, 2.45) is 0 Å². The third-order valence-electron chi connectivity index (χ3n) is 0. The zero-order chi connectivity index (χ0) is 2.00. The second kappa shape index (κ2) is 37.8. The number of hydrogen-bond acceptors (Lipinski definition) is 1. The van der Waals surface area contributed by atoms with E-state index in [4.69, 9.17) is 2.81 Å². The van der Waals surface area contributed by atoms with Crippen molar-refractivity contribution in [1.29, 1.82) is 0 Å². The molecule has 0 heterocycles. The van der Waals surface area contributed by atoms with E-state index in [2.05, 4.69) is 0 Å². The van der Waals surface area contributed by atoms with Crippen LogP contribution in [0.2, 0.25) is 0 Å². The van der Waals surface area contributed by atoms with Crippen LogP contribution in [0.25, 0.3) is 0 Å². The summed E-state index contributed by atoms with van der Waals surface area (Å²) in [7, 11) is 0. The predicted molar refractivity (Wildman–Crippen MR) is 9.23 cm³/mol. The number of rotatable bonds is 0. The minimum absolute atomic E-state index is 0. The maximum atomic E-state index is 8.34. The average molecular weight is 523 g/mol. The summed E-state index contributed by atoms with van der Waals surface area (Å²) >= 11 is 0.300. The molecule has 6 heteroatoms. The van der Waals surface area contributed by atoms with Gasteiger partial charge in [0.2, 0.25) is 0 Å². The van der Waals surface area contributed by atoms with Crippen molar-refractivity contribution in [3.8, 4) is 0 Å².